The summed E-state index contributed by atoms with van der Waals surface area (Å²) in [7, 11) is 0. The Bertz CT molecular complexity index is 1120. The van der Waals surface area contributed by atoms with Gasteiger partial charge < -0.3 is 4.90 Å². The molecule has 1 saturated heterocycles. The molecular formula is C29H31N3O. The van der Waals surface area contributed by atoms with E-state index in [-0.39, 0.29) is 11.9 Å². The predicted molar refractivity (Wildman–Crippen MR) is 134 cm³/mol. The number of likely N-dealkylation sites (tertiary alicyclic amines) is 1. The van der Waals surface area contributed by atoms with Gasteiger partial charge >= 0.3 is 0 Å². The van der Waals surface area contributed by atoms with Crippen molar-refractivity contribution in [1.29, 1.82) is 0 Å². The minimum atomic E-state index is -0.371. The van der Waals surface area contributed by atoms with Crippen LogP contribution in [0, 0.1) is 12.8 Å². The Hall–Kier alpha value is -3.40. The van der Waals surface area contributed by atoms with Crippen molar-refractivity contribution in [3.05, 3.63) is 102 Å². The van der Waals surface area contributed by atoms with Gasteiger partial charge in [0.25, 0.3) is 5.91 Å². The SMILES string of the molecule is Cc1ccccc1N1C(=O)C(Cc2ccccc2)N=C1N1CCC(Cc2ccccc2)CC1. The number of hydrogen-bond acceptors (Lipinski definition) is 3. The van der Waals surface area contributed by atoms with E-state index in [1.807, 2.05) is 41.3 Å². The lowest BCUT2D eigenvalue weighted by Gasteiger charge is -2.36. The van der Waals surface area contributed by atoms with Gasteiger partial charge in [-0.2, -0.15) is 0 Å². The first-order chi connectivity index (χ1) is 16.2. The molecule has 0 N–H and O–H groups in total. The lowest BCUT2D eigenvalue weighted by atomic mass is 9.90. The first-order valence-electron chi connectivity index (χ1n) is 12.0. The third-order valence-corrected chi connectivity index (χ3v) is 6.87. The van der Waals surface area contributed by atoms with Gasteiger partial charge in [-0.05, 0) is 54.9 Å². The van der Waals surface area contributed by atoms with Crippen LogP contribution in [0.15, 0.2) is 89.9 Å². The summed E-state index contributed by atoms with van der Waals surface area (Å²) in [4.78, 5) is 22.8. The second kappa shape index (κ2) is 9.62. The van der Waals surface area contributed by atoms with Gasteiger partial charge in [0.05, 0.1) is 5.69 Å². The largest absolute Gasteiger partial charge is 0.342 e. The molecule has 0 aliphatic carbocycles. The Kier molecular flexibility index (Phi) is 6.25. The maximum absolute atomic E-state index is 13.6. The summed E-state index contributed by atoms with van der Waals surface area (Å²) >= 11 is 0. The van der Waals surface area contributed by atoms with Crippen LogP contribution in [-0.4, -0.2) is 35.9 Å². The monoisotopic (exact) mass is 437 g/mol. The van der Waals surface area contributed by atoms with E-state index in [0.717, 1.165) is 55.1 Å². The molecule has 5 rings (SSSR count). The number of guanidine groups is 1. The molecule has 1 atom stereocenters. The summed E-state index contributed by atoms with van der Waals surface area (Å²) in [5.41, 5.74) is 4.60. The summed E-state index contributed by atoms with van der Waals surface area (Å²) in [6.45, 7) is 3.94. The second-order valence-corrected chi connectivity index (χ2v) is 9.21. The van der Waals surface area contributed by atoms with E-state index >= 15 is 0 Å². The summed E-state index contributed by atoms with van der Waals surface area (Å²) in [5.74, 6) is 1.58. The van der Waals surface area contributed by atoms with Crippen molar-refractivity contribution in [2.75, 3.05) is 18.0 Å². The van der Waals surface area contributed by atoms with Crippen LogP contribution in [0.25, 0.3) is 0 Å². The third kappa shape index (κ3) is 4.70. The highest BCUT2D eigenvalue weighted by atomic mass is 16.2. The maximum atomic E-state index is 13.6. The highest BCUT2D eigenvalue weighted by Crippen LogP contribution is 2.30. The van der Waals surface area contributed by atoms with E-state index in [4.69, 9.17) is 4.99 Å². The van der Waals surface area contributed by atoms with Crippen molar-refractivity contribution in [3.8, 4) is 0 Å². The Balaban J connectivity index is 1.36. The Labute approximate surface area is 196 Å². The van der Waals surface area contributed by atoms with Crippen LogP contribution in [0.2, 0.25) is 0 Å². The molecular weight excluding hydrogens is 406 g/mol. The molecule has 4 nitrogen and oxygen atoms in total. The molecule has 4 heteroatoms. The summed E-state index contributed by atoms with van der Waals surface area (Å²) in [6.07, 6.45) is 3.99. The number of hydrogen-bond donors (Lipinski definition) is 0. The maximum Gasteiger partial charge on any atom is 0.259 e. The average Bonchev–Trinajstić information content (AvgIpc) is 3.17. The summed E-state index contributed by atoms with van der Waals surface area (Å²) in [6, 6.07) is 28.7. The number of aliphatic imine (C=N–C) groups is 1. The van der Waals surface area contributed by atoms with E-state index in [2.05, 4.69) is 60.4 Å². The molecule has 0 radical (unpaired) electrons. The van der Waals surface area contributed by atoms with Crippen molar-refractivity contribution in [3.63, 3.8) is 0 Å². The van der Waals surface area contributed by atoms with Gasteiger partial charge in [0, 0.05) is 19.5 Å². The van der Waals surface area contributed by atoms with E-state index in [0.29, 0.717) is 12.3 Å². The molecule has 2 heterocycles. The highest BCUT2D eigenvalue weighted by molar-refractivity contribution is 6.22. The molecule has 0 saturated carbocycles. The third-order valence-electron chi connectivity index (χ3n) is 6.87. The number of carbonyl (C=O) groups excluding carboxylic acids is 1. The first kappa shape index (κ1) is 21.4. The topological polar surface area (TPSA) is 35.9 Å². The molecule has 168 valence electrons. The second-order valence-electron chi connectivity index (χ2n) is 9.21. The molecule has 3 aromatic rings. The van der Waals surface area contributed by atoms with Crippen LogP contribution >= 0.6 is 0 Å². The van der Waals surface area contributed by atoms with Crippen LogP contribution in [0.1, 0.15) is 29.5 Å². The van der Waals surface area contributed by atoms with Crippen LogP contribution in [0.5, 0.6) is 0 Å². The fraction of sp³-hybridized carbons (Fsp3) is 0.310. The van der Waals surface area contributed by atoms with E-state index in [1.165, 1.54) is 5.56 Å². The molecule has 1 unspecified atom stereocenters. The highest BCUT2D eigenvalue weighted by Gasteiger charge is 2.39. The number of rotatable bonds is 5. The standard InChI is InChI=1S/C29H31N3O/c1-22-10-8-9-15-27(22)32-28(33)26(21-24-13-6-3-7-14-24)30-29(32)31-18-16-25(17-19-31)20-23-11-4-2-5-12-23/h2-15,25-26H,16-21H2,1H3. The fourth-order valence-electron chi connectivity index (χ4n) is 5.02. The summed E-state index contributed by atoms with van der Waals surface area (Å²) < 4.78 is 0. The predicted octanol–water partition coefficient (Wildman–Crippen LogP) is 5.26. The Morgan fingerprint density at radius 2 is 1.36 bits per heavy atom. The average molecular weight is 438 g/mol. The lowest BCUT2D eigenvalue weighted by Crippen LogP contribution is -2.48. The van der Waals surface area contributed by atoms with Crippen molar-refractivity contribution in [2.24, 2.45) is 10.9 Å². The van der Waals surface area contributed by atoms with Gasteiger partial charge in [0.15, 0.2) is 0 Å². The van der Waals surface area contributed by atoms with Gasteiger partial charge in [-0.25, -0.2) is 9.89 Å². The van der Waals surface area contributed by atoms with Gasteiger partial charge in [0.1, 0.15) is 6.04 Å². The van der Waals surface area contributed by atoms with Gasteiger partial charge in [0.2, 0.25) is 5.96 Å². The van der Waals surface area contributed by atoms with E-state index in [9.17, 15) is 4.79 Å². The number of anilines is 1. The first-order valence-corrected chi connectivity index (χ1v) is 12.0. The zero-order chi connectivity index (χ0) is 22.6. The summed E-state index contributed by atoms with van der Waals surface area (Å²) in [5, 5.41) is 0. The van der Waals surface area contributed by atoms with Crippen LogP contribution in [-0.2, 0) is 17.6 Å². The van der Waals surface area contributed by atoms with E-state index in [1.54, 1.807) is 0 Å². The number of amides is 1. The zero-order valence-corrected chi connectivity index (χ0v) is 19.2. The van der Waals surface area contributed by atoms with Crippen molar-refractivity contribution < 1.29 is 4.79 Å². The van der Waals surface area contributed by atoms with Crippen molar-refractivity contribution >= 4 is 17.6 Å². The molecule has 0 spiro atoms. The lowest BCUT2D eigenvalue weighted by molar-refractivity contribution is -0.118. The molecule has 33 heavy (non-hydrogen) atoms. The van der Waals surface area contributed by atoms with Gasteiger partial charge in [-0.15, -0.1) is 0 Å². The number of carbonyl (C=O) groups is 1. The molecule has 1 fully saturated rings. The molecule has 2 aliphatic rings. The van der Waals surface area contributed by atoms with Crippen LogP contribution in [0.4, 0.5) is 5.69 Å². The molecule has 2 aliphatic heterocycles. The van der Waals surface area contributed by atoms with Crippen molar-refractivity contribution in [1.82, 2.24) is 4.90 Å². The Morgan fingerprint density at radius 3 is 2.00 bits per heavy atom. The number of aryl methyl sites for hydroxylation is 1. The van der Waals surface area contributed by atoms with Crippen LogP contribution < -0.4 is 4.90 Å². The molecule has 0 aromatic heterocycles. The zero-order valence-electron chi connectivity index (χ0n) is 19.2. The van der Waals surface area contributed by atoms with E-state index < -0.39 is 0 Å². The van der Waals surface area contributed by atoms with Gasteiger partial charge in [-0.3, -0.25) is 4.79 Å². The minimum Gasteiger partial charge on any atom is -0.342 e. The van der Waals surface area contributed by atoms with Gasteiger partial charge in [-0.1, -0.05) is 78.9 Å². The smallest absolute Gasteiger partial charge is 0.259 e. The Morgan fingerprint density at radius 1 is 0.788 bits per heavy atom. The number of para-hydroxylation sites is 1. The normalized spacial score (nSPS) is 19.1. The number of piperidine rings is 1. The minimum absolute atomic E-state index is 0.0783. The fourth-order valence-corrected chi connectivity index (χ4v) is 5.02. The quantitative estimate of drug-likeness (QED) is 0.546. The molecule has 3 aromatic carbocycles. The van der Waals surface area contributed by atoms with Crippen LogP contribution in [0.3, 0.4) is 0 Å². The van der Waals surface area contributed by atoms with Crippen molar-refractivity contribution in [2.45, 2.75) is 38.6 Å². The number of nitrogens with zero attached hydrogens (tertiary/aromatic N) is 3. The number of benzene rings is 3. The molecule has 0 bridgehead atoms. The molecule has 1 amide bonds.